The number of rotatable bonds is 4. The Hall–Kier alpha value is -4.53. The zero-order chi connectivity index (χ0) is 23.8. The van der Waals surface area contributed by atoms with E-state index in [1.54, 1.807) is 35.2 Å². The molecule has 2 amide bonds. The van der Waals surface area contributed by atoms with Gasteiger partial charge in [-0.2, -0.15) is 0 Å². The number of hydrogen-bond acceptors (Lipinski definition) is 4. The van der Waals surface area contributed by atoms with E-state index in [4.69, 9.17) is 0 Å². The summed E-state index contributed by atoms with van der Waals surface area (Å²) >= 11 is 0. The summed E-state index contributed by atoms with van der Waals surface area (Å²) in [6.45, 7) is 0.471. The van der Waals surface area contributed by atoms with E-state index < -0.39 is 10.7 Å². The third-order valence-corrected chi connectivity index (χ3v) is 5.91. The lowest BCUT2D eigenvalue weighted by atomic mass is 9.99. The minimum atomic E-state index is -0.487. The number of nitro groups is 1. The number of hydrogen-bond donors (Lipinski definition) is 2. The SMILES string of the molecule is O=C(Nc1cccc2c1CCCN2C(=O)c1cc2cccc([N+](=O)[O-])c2[nH]1)c1ccc(F)cc1. The molecule has 8 nitrogen and oxygen atoms in total. The van der Waals surface area contributed by atoms with Gasteiger partial charge in [-0.15, -0.1) is 0 Å². The van der Waals surface area contributed by atoms with Crippen molar-refractivity contribution in [2.45, 2.75) is 12.8 Å². The lowest BCUT2D eigenvalue weighted by Gasteiger charge is -2.30. The monoisotopic (exact) mass is 458 g/mol. The second kappa shape index (κ2) is 8.43. The molecule has 1 aliphatic rings. The molecule has 1 aromatic heterocycles. The summed E-state index contributed by atoms with van der Waals surface area (Å²) < 4.78 is 13.2. The third-order valence-electron chi connectivity index (χ3n) is 5.91. The average molecular weight is 458 g/mol. The number of halogens is 1. The van der Waals surface area contributed by atoms with Crippen LogP contribution in [0.15, 0.2) is 66.7 Å². The molecular weight excluding hydrogens is 439 g/mol. The number of aromatic amines is 1. The maximum absolute atomic E-state index is 13.4. The smallest absolute Gasteiger partial charge is 0.293 e. The summed E-state index contributed by atoms with van der Waals surface area (Å²) in [5, 5.41) is 14.8. The molecule has 2 heterocycles. The number of non-ortho nitro benzene ring substituents is 1. The predicted octanol–water partition coefficient (Wildman–Crippen LogP) is 5.06. The first-order valence-corrected chi connectivity index (χ1v) is 10.7. The van der Waals surface area contributed by atoms with Crippen LogP contribution in [0.25, 0.3) is 10.9 Å². The van der Waals surface area contributed by atoms with Crippen LogP contribution in [0.2, 0.25) is 0 Å². The van der Waals surface area contributed by atoms with Crippen molar-refractivity contribution in [3.63, 3.8) is 0 Å². The molecule has 1 aliphatic heterocycles. The van der Waals surface area contributed by atoms with Crippen LogP contribution in [0, 0.1) is 15.9 Å². The standard InChI is InChI=1S/C25H19FN4O4/c26-17-11-9-15(10-12-17)24(31)28-19-6-2-7-21-18(19)5-3-13-29(21)25(32)20-14-16-4-1-8-22(30(33)34)23(16)27-20/h1-2,4,6-12,14,27H,3,5,13H2,(H,28,31). The fourth-order valence-corrected chi connectivity index (χ4v) is 4.30. The molecule has 0 unspecified atom stereocenters. The number of H-pyrrole nitrogens is 1. The zero-order valence-corrected chi connectivity index (χ0v) is 17.9. The number of nitro benzene ring substituents is 1. The second-order valence-corrected chi connectivity index (χ2v) is 8.01. The molecule has 0 spiro atoms. The van der Waals surface area contributed by atoms with Crippen molar-refractivity contribution in [3.05, 3.63) is 99.5 Å². The van der Waals surface area contributed by atoms with Crippen LogP contribution in [0.4, 0.5) is 21.5 Å². The molecule has 0 bridgehead atoms. The number of carbonyl (C=O) groups excluding carboxylic acids is 2. The topological polar surface area (TPSA) is 108 Å². The Morgan fingerprint density at radius 2 is 1.82 bits per heavy atom. The lowest BCUT2D eigenvalue weighted by molar-refractivity contribution is -0.383. The number of carbonyl (C=O) groups is 2. The fraction of sp³-hybridized carbons (Fsp3) is 0.120. The van der Waals surface area contributed by atoms with Gasteiger partial charge in [-0.25, -0.2) is 4.39 Å². The van der Waals surface area contributed by atoms with Crippen LogP contribution >= 0.6 is 0 Å². The summed E-state index contributed by atoms with van der Waals surface area (Å²) in [6, 6.07) is 16.9. The quantitative estimate of drug-likeness (QED) is 0.329. The Morgan fingerprint density at radius 3 is 2.59 bits per heavy atom. The van der Waals surface area contributed by atoms with Crippen molar-refractivity contribution in [1.82, 2.24) is 4.98 Å². The minimum absolute atomic E-state index is 0.0959. The Bertz CT molecular complexity index is 1450. The van der Waals surface area contributed by atoms with Crippen LogP contribution < -0.4 is 10.2 Å². The van der Waals surface area contributed by atoms with Crippen LogP contribution in [0.3, 0.4) is 0 Å². The van der Waals surface area contributed by atoms with E-state index in [2.05, 4.69) is 10.3 Å². The largest absolute Gasteiger partial charge is 0.345 e. The first-order valence-electron chi connectivity index (χ1n) is 10.7. The maximum Gasteiger partial charge on any atom is 0.293 e. The molecule has 0 saturated carbocycles. The molecule has 9 heteroatoms. The van der Waals surface area contributed by atoms with E-state index in [-0.39, 0.29) is 23.2 Å². The Kier molecular flexibility index (Phi) is 5.29. The highest BCUT2D eigenvalue weighted by molar-refractivity contribution is 6.10. The number of anilines is 2. The maximum atomic E-state index is 13.4. The highest BCUT2D eigenvalue weighted by Crippen LogP contribution is 2.35. The van der Waals surface area contributed by atoms with Crippen molar-refractivity contribution in [2.24, 2.45) is 0 Å². The second-order valence-electron chi connectivity index (χ2n) is 8.01. The molecule has 4 aromatic rings. The van der Waals surface area contributed by atoms with Gasteiger partial charge in [0.05, 0.1) is 4.92 Å². The number of amides is 2. The number of fused-ring (bicyclic) bond motifs is 2. The van der Waals surface area contributed by atoms with Crippen molar-refractivity contribution in [1.29, 1.82) is 0 Å². The minimum Gasteiger partial charge on any atom is -0.345 e. The van der Waals surface area contributed by atoms with E-state index >= 15 is 0 Å². The van der Waals surface area contributed by atoms with Crippen LogP contribution in [-0.2, 0) is 6.42 Å². The van der Waals surface area contributed by atoms with Crippen LogP contribution in [0.1, 0.15) is 32.8 Å². The summed E-state index contributed by atoms with van der Waals surface area (Å²) in [4.78, 5) is 41.4. The van der Waals surface area contributed by atoms with Crippen LogP contribution in [-0.4, -0.2) is 28.3 Å². The number of benzene rings is 3. The summed E-state index contributed by atoms with van der Waals surface area (Å²) in [5.74, 6) is -1.11. The molecule has 0 radical (unpaired) electrons. The van der Waals surface area contributed by atoms with E-state index in [1.165, 1.54) is 30.3 Å². The van der Waals surface area contributed by atoms with Gasteiger partial charge in [0.15, 0.2) is 0 Å². The summed E-state index contributed by atoms with van der Waals surface area (Å²) in [5.41, 5.74) is 2.84. The molecular formula is C25H19FN4O4. The number of nitrogens with one attached hydrogen (secondary N) is 2. The summed E-state index contributed by atoms with van der Waals surface area (Å²) in [7, 11) is 0. The van der Waals surface area contributed by atoms with E-state index in [0.29, 0.717) is 47.2 Å². The number of nitrogens with zero attached hydrogens (tertiary/aromatic N) is 2. The Morgan fingerprint density at radius 1 is 1.06 bits per heavy atom. The Balaban J connectivity index is 1.46. The van der Waals surface area contributed by atoms with Gasteiger partial charge in [0.1, 0.15) is 17.0 Å². The highest BCUT2D eigenvalue weighted by Gasteiger charge is 2.27. The van der Waals surface area contributed by atoms with Gasteiger partial charge < -0.3 is 15.2 Å². The van der Waals surface area contributed by atoms with E-state index in [0.717, 1.165) is 5.56 Å². The molecule has 34 heavy (non-hydrogen) atoms. The average Bonchev–Trinajstić information content (AvgIpc) is 3.28. The summed E-state index contributed by atoms with van der Waals surface area (Å²) in [6.07, 6.45) is 1.35. The van der Waals surface area contributed by atoms with Gasteiger partial charge in [-0.1, -0.05) is 18.2 Å². The molecule has 170 valence electrons. The number of para-hydroxylation sites is 1. The number of aromatic nitrogens is 1. The predicted molar refractivity (Wildman–Crippen MR) is 126 cm³/mol. The van der Waals surface area contributed by atoms with Gasteiger partial charge in [0.25, 0.3) is 17.5 Å². The van der Waals surface area contributed by atoms with Gasteiger partial charge >= 0.3 is 0 Å². The van der Waals surface area contributed by atoms with Crippen molar-refractivity contribution < 1.29 is 18.9 Å². The van der Waals surface area contributed by atoms with Crippen molar-refractivity contribution in [3.8, 4) is 0 Å². The zero-order valence-electron chi connectivity index (χ0n) is 17.9. The van der Waals surface area contributed by atoms with Gasteiger partial charge in [0, 0.05) is 34.9 Å². The molecule has 0 fully saturated rings. The normalized spacial score (nSPS) is 12.9. The van der Waals surface area contributed by atoms with Gasteiger partial charge in [0.2, 0.25) is 0 Å². The molecule has 2 N–H and O–H groups in total. The van der Waals surface area contributed by atoms with E-state index in [1.807, 2.05) is 6.07 Å². The van der Waals surface area contributed by atoms with Crippen LogP contribution in [0.5, 0.6) is 0 Å². The first kappa shape index (κ1) is 21.3. The first-order chi connectivity index (χ1) is 16.4. The highest BCUT2D eigenvalue weighted by atomic mass is 19.1. The van der Waals surface area contributed by atoms with Gasteiger partial charge in [-0.3, -0.25) is 19.7 Å². The van der Waals surface area contributed by atoms with E-state index in [9.17, 15) is 24.1 Å². The molecule has 0 atom stereocenters. The molecule has 3 aromatic carbocycles. The Labute approximate surface area is 193 Å². The van der Waals surface area contributed by atoms with Crippen molar-refractivity contribution >= 4 is 39.8 Å². The lowest BCUT2D eigenvalue weighted by Crippen LogP contribution is -2.36. The molecule has 0 aliphatic carbocycles. The molecule has 0 saturated heterocycles. The van der Waals surface area contributed by atoms with Gasteiger partial charge in [-0.05, 0) is 60.9 Å². The molecule has 5 rings (SSSR count). The fourth-order valence-electron chi connectivity index (χ4n) is 4.30. The van der Waals surface area contributed by atoms with Crippen molar-refractivity contribution in [2.75, 3.05) is 16.8 Å². The third kappa shape index (κ3) is 3.77.